The fraction of sp³-hybridized carbons (Fsp3) is 0.0714. The summed E-state index contributed by atoms with van der Waals surface area (Å²) in [5, 5.41) is 3.25. The van der Waals surface area contributed by atoms with Crippen molar-refractivity contribution in [1.29, 1.82) is 0 Å². The Balaban J connectivity index is 1.91. The van der Waals surface area contributed by atoms with Gasteiger partial charge in [-0.25, -0.2) is 0 Å². The molecule has 0 unspecified atom stereocenters. The maximum absolute atomic E-state index is 11.9. The Morgan fingerprint density at radius 1 is 1.00 bits per heavy atom. The fourth-order valence-corrected chi connectivity index (χ4v) is 2.78. The van der Waals surface area contributed by atoms with Gasteiger partial charge in [0.05, 0.1) is 16.9 Å². The lowest BCUT2D eigenvalue weighted by atomic mass is 10.3. The quantitative estimate of drug-likeness (QED) is 0.781. The lowest BCUT2D eigenvalue weighted by molar-refractivity contribution is 0.792. The third-order valence-corrected chi connectivity index (χ3v) is 3.75. The first-order valence-electron chi connectivity index (χ1n) is 5.72. The highest BCUT2D eigenvalue weighted by Gasteiger charge is 2.05. The Kier molecular flexibility index (Phi) is 2.86. The number of nitrogens with zero attached hydrogens (tertiary/aromatic N) is 1. The smallest absolute Gasteiger partial charge is 0.309 e. The van der Waals surface area contributed by atoms with Crippen LogP contribution in [0.5, 0.6) is 0 Å². The SMILES string of the molecule is O=c1sc2ccccc2n1CNc1ccccc1. The summed E-state index contributed by atoms with van der Waals surface area (Å²) in [6, 6.07) is 17.7. The number of benzene rings is 2. The molecule has 1 N–H and O–H groups in total. The van der Waals surface area contributed by atoms with Gasteiger partial charge in [-0.1, -0.05) is 41.7 Å². The van der Waals surface area contributed by atoms with E-state index in [9.17, 15) is 4.79 Å². The summed E-state index contributed by atoms with van der Waals surface area (Å²) < 4.78 is 2.78. The Morgan fingerprint density at radius 3 is 2.56 bits per heavy atom. The van der Waals surface area contributed by atoms with Crippen LogP contribution in [0, 0.1) is 0 Å². The van der Waals surface area contributed by atoms with Crippen molar-refractivity contribution in [2.45, 2.75) is 6.67 Å². The van der Waals surface area contributed by atoms with E-state index in [1.165, 1.54) is 11.3 Å². The highest BCUT2D eigenvalue weighted by molar-refractivity contribution is 7.16. The van der Waals surface area contributed by atoms with E-state index in [1.807, 2.05) is 54.6 Å². The van der Waals surface area contributed by atoms with Gasteiger partial charge in [-0.3, -0.25) is 9.36 Å². The average Bonchev–Trinajstić information content (AvgIpc) is 2.73. The zero-order valence-corrected chi connectivity index (χ0v) is 10.5. The molecule has 1 heterocycles. The molecule has 0 radical (unpaired) electrons. The van der Waals surface area contributed by atoms with Gasteiger partial charge in [0.2, 0.25) is 0 Å². The van der Waals surface area contributed by atoms with Gasteiger partial charge in [-0.05, 0) is 24.3 Å². The maximum atomic E-state index is 11.9. The van der Waals surface area contributed by atoms with Crippen molar-refractivity contribution in [3.05, 3.63) is 64.3 Å². The van der Waals surface area contributed by atoms with Gasteiger partial charge in [0, 0.05) is 5.69 Å². The third kappa shape index (κ3) is 2.02. The first-order chi connectivity index (χ1) is 8.84. The number of hydrogen-bond donors (Lipinski definition) is 1. The van der Waals surface area contributed by atoms with Crippen LogP contribution in [-0.2, 0) is 6.67 Å². The molecule has 4 heteroatoms. The van der Waals surface area contributed by atoms with E-state index in [-0.39, 0.29) is 4.87 Å². The summed E-state index contributed by atoms with van der Waals surface area (Å²) in [5.74, 6) is 0. The number of anilines is 1. The molecule has 3 rings (SSSR count). The summed E-state index contributed by atoms with van der Waals surface area (Å²) in [7, 11) is 0. The number of hydrogen-bond acceptors (Lipinski definition) is 3. The van der Waals surface area contributed by atoms with Gasteiger partial charge in [0.25, 0.3) is 0 Å². The Morgan fingerprint density at radius 2 is 1.72 bits per heavy atom. The van der Waals surface area contributed by atoms with Gasteiger partial charge in [-0.2, -0.15) is 0 Å². The predicted octanol–water partition coefficient (Wildman–Crippen LogP) is 3.13. The molecule has 0 saturated carbocycles. The zero-order valence-electron chi connectivity index (χ0n) is 9.67. The van der Waals surface area contributed by atoms with Crippen molar-refractivity contribution in [1.82, 2.24) is 4.57 Å². The van der Waals surface area contributed by atoms with Crippen LogP contribution < -0.4 is 10.2 Å². The summed E-state index contributed by atoms with van der Waals surface area (Å²) >= 11 is 1.28. The van der Waals surface area contributed by atoms with Crippen molar-refractivity contribution in [2.24, 2.45) is 0 Å². The van der Waals surface area contributed by atoms with E-state index in [0.717, 1.165) is 15.9 Å². The third-order valence-electron chi connectivity index (χ3n) is 2.79. The minimum Gasteiger partial charge on any atom is -0.367 e. The molecular weight excluding hydrogens is 244 g/mol. The largest absolute Gasteiger partial charge is 0.367 e. The summed E-state index contributed by atoms with van der Waals surface area (Å²) in [4.78, 5) is 12.0. The van der Waals surface area contributed by atoms with Gasteiger partial charge in [0.15, 0.2) is 0 Å². The molecule has 3 aromatic rings. The van der Waals surface area contributed by atoms with Crippen molar-refractivity contribution >= 4 is 27.2 Å². The Hall–Kier alpha value is -2.07. The predicted molar refractivity (Wildman–Crippen MR) is 76.1 cm³/mol. The molecule has 0 aliphatic rings. The second-order valence-electron chi connectivity index (χ2n) is 3.96. The van der Waals surface area contributed by atoms with E-state index in [1.54, 1.807) is 4.57 Å². The lowest BCUT2D eigenvalue weighted by Gasteiger charge is -2.07. The van der Waals surface area contributed by atoms with Gasteiger partial charge >= 0.3 is 4.87 Å². The van der Waals surface area contributed by atoms with E-state index in [2.05, 4.69) is 5.32 Å². The first kappa shape index (κ1) is 11.0. The monoisotopic (exact) mass is 256 g/mol. The van der Waals surface area contributed by atoms with Crippen LogP contribution in [-0.4, -0.2) is 4.57 Å². The van der Waals surface area contributed by atoms with Crippen molar-refractivity contribution in [3.8, 4) is 0 Å². The van der Waals surface area contributed by atoms with Gasteiger partial charge in [0.1, 0.15) is 0 Å². The van der Waals surface area contributed by atoms with Crippen LogP contribution in [0.2, 0.25) is 0 Å². The minimum atomic E-state index is 0.0691. The highest BCUT2D eigenvalue weighted by atomic mass is 32.1. The molecule has 0 bridgehead atoms. The number of para-hydroxylation sites is 2. The Bertz CT molecular complexity index is 715. The second-order valence-corrected chi connectivity index (χ2v) is 4.96. The van der Waals surface area contributed by atoms with Gasteiger partial charge in [-0.15, -0.1) is 0 Å². The summed E-state index contributed by atoms with van der Waals surface area (Å²) in [6.45, 7) is 0.493. The molecule has 1 aromatic heterocycles. The average molecular weight is 256 g/mol. The van der Waals surface area contributed by atoms with Crippen LogP contribution >= 0.6 is 11.3 Å². The molecule has 18 heavy (non-hydrogen) atoms. The molecule has 0 aliphatic heterocycles. The van der Waals surface area contributed by atoms with E-state index in [4.69, 9.17) is 0 Å². The molecule has 0 saturated heterocycles. The highest BCUT2D eigenvalue weighted by Crippen LogP contribution is 2.16. The maximum Gasteiger partial charge on any atom is 0.309 e. The van der Waals surface area contributed by atoms with Crippen LogP contribution in [0.15, 0.2) is 59.4 Å². The Labute approximate surface area is 108 Å². The van der Waals surface area contributed by atoms with E-state index >= 15 is 0 Å². The zero-order chi connectivity index (χ0) is 12.4. The second kappa shape index (κ2) is 4.66. The number of nitrogens with one attached hydrogen (secondary N) is 1. The molecule has 0 atom stereocenters. The number of fused-ring (bicyclic) bond motifs is 1. The summed E-state index contributed by atoms with van der Waals surface area (Å²) in [5.41, 5.74) is 2.00. The minimum absolute atomic E-state index is 0.0691. The summed E-state index contributed by atoms with van der Waals surface area (Å²) in [6.07, 6.45) is 0. The molecule has 0 spiro atoms. The molecule has 90 valence electrons. The topological polar surface area (TPSA) is 34.0 Å². The van der Waals surface area contributed by atoms with Gasteiger partial charge < -0.3 is 5.32 Å². The molecule has 0 aliphatic carbocycles. The molecule has 3 nitrogen and oxygen atoms in total. The van der Waals surface area contributed by atoms with Crippen LogP contribution in [0.25, 0.3) is 10.2 Å². The molecule has 2 aromatic carbocycles. The van der Waals surface area contributed by atoms with Crippen molar-refractivity contribution in [2.75, 3.05) is 5.32 Å². The molecular formula is C14H12N2OS. The molecule has 0 amide bonds. The normalized spacial score (nSPS) is 10.7. The number of aromatic nitrogens is 1. The van der Waals surface area contributed by atoms with E-state index < -0.39 is 0 Å². The number of rotatable bonds is 3. The van der Waals surface area contributed by atoms with Crippen molar-refractivity contribution < 1.29 is 0 Å². The number of thiazole rings is 1. The van der Waals surface area contributed by atoms with Crippen LogP contribution in [0.1, 0.15) is 0 Å². The van der Waals surface area contributed by atoms with Crippen molar-refractivity contribution in [3.63, 3.8) is 0 Å². The van der Waals surface area contributed by atoms with E-state index in [0.29, 0.717) is 6.67 Å². The standard InChI is InChI=1S/C14H12N2OS/c17-14-16(10-15-11-6-2-1-3-7-11)12-8-4-5-9-13(12)18-14/h1-9,15H,10H2. The fourth-order valence-electron chi connectivity index (χ4n) is 1.89. The molecule has 0 fully saturated rings. The van der Waals surface area contributed by atoms with Crippen LogP contribution in [0.3, 0.4) is 0 Å². The lowest BCUT2D eigenvalue weighted by Crippen LogP contribution is -2.18. The van der Waals surface area contributed by atoms with Crippen LogP contribution in [0.4, 0.5) is 5.69 Å². The first-order valence-corrected chi connectivity index (χ1v) is 6.53.